The van der Waals surface area contributed by atoms with Crippen LogP contribution in [0.25, 0.3) is 0 Å². The maximum Gasteiger partial charge on any atom is 0.161 e. The van der Waals surface area contributed by atoms with Crippen LogP contribution in [0.5, 0.6) is 11.5 Å². The van der Waals surface area contributed by atoms with Crippen molar-refractivity contribution in [3.63, 3.8) is 0 Å². The molecule has 0 spiro atoms. The van der Waals surface area contributed by atoms with Crippen LogP contribution in [0.2, 0.25) is 0 Å². The van der Waals surface area contributed by atoms with Gasteiger partial charge in [-0.1, -0.05) is 26.0 Å². The largest absolute Gasteiger partial charge is 0.486 e. The predicted octanol–water partition coefficient (Wildman–Crippen LogP) is 3.80. The molecule has 1 aliphatic heterocycles. The van der Waals surface area contributed by atoms with E-state index in [2.05, 4.69) is 67.3 Å². The van der Waals surface area contributed by atoms with Crippen LogP contribution >= 0.6 is 0 Å². The van der Waals surface area contributed by atoms with Crippen LogP contribution in [0.3, 0.4) is 0 Å². The van der Waals surface area contributed by atoms with Gasteiger partial charge in [-0.2, -0.15) is 0 Å². The van der Waals surface area contributed by atoms with Crippen molar-refractivity contribution < 1.29 is 9.47 Å². The van der Waals surface area contributed by atoms with Crippen LogP contribution in [0.1, 0.15) is 37.9 Å². The minimum Gasteiger partial charge on any atom is -0.486 e. The van der Waals surface area contributed by atoms with Crippen molar-refractivity contribution in [3.05, 3.63) is 47.7 Å². The van der Waals surface area contributed by atoms with Gasteiger partial charge in [0.2, 0.25) is 0 Å². The van der Waals surface area contributed by atoms with E-state index in [0.717, 1.165) is 30.4 Å². The third-order valence-corrected chi connectivity index (χ3v) is 4.79. The maximum absolute atomic E-state index is 5.74. The predicted molar refractivity (Wildman–Crippen MR) is 105 cm³/mol. The summed E-state index contributed by atoms with van der Waals surface area (Å²) in [7, 11) is 2.05. The molecular formula is C21H29N3O2. The van der Waals surface area contributed by atoms with E-state index in [-0.39, 0.29) is 6.04 Å². The summed E-state index contributed by atoms with van der Waals surface area (Å²) < 4.78 is 11.4. The molecule has 2 aromatic rings. The number of rotatable bonds is 7. The summed E-state index contributed by atoms with van der Waals surface area (Å²) in [5, 5.41) is 3.67. The number of nitrogens with one attached hydrogen (secondary N) is 1. The molecule has 0 saturated carbocycles. The summed E-state index contributed by atoms with van der Waals surface area (Å²) in [6, 6.07) is 10.7. The number of ether oxygens (including phenoxy) is 2. The monoisotopic (exact) mass is 355 g/mol. The highest BCUT2D eigenvalue weighted by Crippen LogP contribution is 2.34. The Labute approximate surface area is 156 Å². The molecule has 2 heterocycles. The van der Waals surface area contributed by atoms with Gasteiger partial charge in [-0.05, 0) is 42.2 Å². The van der Waals surface area contributed by atoms with Crippen molar-refractivity contribution in [2.24, 2.45) is 5.92 Å². The highest BCUT2D eigenvalue weighted by molar-refractivity contribution is 5.45. The van der Waals surface area contributed by atoms with Crippen molar-refractivity contribution in [1.29, 1.82) is 0 Å². The Kier molecular flexibility index (Phi) is 5.99. The van der Waals surface area contributed by atoms with Crippen molar-refractivity contribution >= 4 is 5.82 Å². The second-order valence-electron chi connectivity index (χ2n) is 7.04. The number of pyridine rings is 1. The van der Waals surface area contributed by atoms with Crippen LogP contribution < -0.4 is 19.7 Å². The number of anilines is 1. The second-order valence-corrected chi connectivity index (χ2v) is 7.04. The lowest BCUT2D eigenvalue weighted by Gasteiger charge is -2.25. The Morgan fingerprint density at radius 1 is 1.12 bits per heavy atom. The first-order valence-corrected chi connectivity index (χ1v) is 9.37. The SMILES string of the molecule is CCN(C)c1ccc(CNC(c2ccc3c(c2)OCCO3)C(C)C)cn1. The second kappa shape index (κ2) is 8.41. The highest BCUT2D eigenvalue weighted by atomic mass is 16.6. The van der Waals surface area contributed by atoms with E-state index in [0.29, 0.717) is 19.1 Å². The Morgan fingerprint density at radius 3 is 2.54 bits per heavy atom. The van der Waals surface area contributed by atoms with Gasteiger partial charge < -0.3 is 19.7 Å². The van der Waals surface area contributed by atoms with Gasteiger partial charge in [0.25, 0.3) is 0 Å². The summed E-state index contributed by atoms with van der Waals surface area (Å²) in [4.78, 5) is 6.68. The Hall–Kier alpha value is -2.27. The number of hydrogen-bond donors (Lipinski definition) is 1. The molecular weight excluding hydrogens is 326 g/mol. The van der Waals surface area contributed by atoms with Gasteiger partial charge in [0.05, 0.1) is 0 Å². The first-order valence-electron chi connectivity index (χ1n) is 9.37. The average Bonchev–Trinajstić information content (AvgIpc) is 2.67. The van der Waals surface area contributed by atoms with E-state index in [9.17, 15) is 0 Å². The van der Waals surface area contributed by atoms with Crippen LogP contribution in [-0.2, 0) is 6.54 Å². The standard InChI is InChI=1S/C21H29N3O2/c1-5-24(4)20-9-6-16(13-22-20)14-23-21(15(2)3)17-7-8-18-19(12-17)26-11-10-25-18/h6-9,12-13,15,21,23H,5,10-11,14H2,1-4H3. The molecule has 0 bridgehead atoms. The first-order chi connectivity index (χ1) is 12.6. The van der Waals surface area contributed by atoms with Gasteiger partial charge in [0.15, 0.2) is 11.5 Å². The molecule has 1 aliphatic rings. The lowest BCUT2D eigenvalue weighted by atomic mass is 9.95. The average molecular weight is 355 g/mol. The van der Waals surface area contributed by atoms with Crippen molar-refractivity contribution in [2.45, 2.75) is 33.4 Å². The number of hydrogen-bond acceptors (Lipinski definition) is 5. The fourth-order valence-corrected chi connectivity index (χ4v) is 3.13. The molecule has 3 rings (SSSR count). The fraction of sp³-hybridized carbons (Fsp3) is 0.476. The van der Waals surface area contributed by atoms with Gasteiger partial charge in [-0.25, -0.2) is 4.98 Å². The zero-order valence-electron chi connectivity index (χ0n) is 16.2. The zero-order valence-corrected chi connectivity index (χ0v) is 16.2. The van der Waals surface area contributed by atoms with Gasteiger partial charge in [0, 0.05) is 32.4 Å². The Bertz CT molecular complexity index is 716. The fourth-order valence-electron chi connectivity index (χ4n) is 3.13. The highest BCUT2D eigenvalue weighted by Gasteiger charge is 2.19. The lowest BCUT2D eigenvalue weighted by molar-refractivity contribution is 0.171. The number of aromatic nitrogens is 1. The summed E-state index contributed by atoms with van der Waals surface area (Å²) in [5.41, 5.74) is 2.40. The lowest BCUT2D eigenvalue weighted by Crippen LogP contribution is -2.26. The molecule has 0 radical (unpaired) electrons. The first kappa shape index (κ1) is 18.5. The summed E-state index contributed by atoms with van der Waals surface area (Å²) in [5.74, 6) is 3.14. The molecule has 0 fully saturated rings. The van der Waals surface area contributed by atoms with Crippen molar-refractivity contribution in [1.82, 2.24) is 10.3 Å². The minimum atomic E-state index is 0.240. The van der Waals surface area contributed by atoms with Crippen LogP contribution in [0.4, 0.5) is 5.82 Å². The van der Waals surface area contributed by atoms with E-state index < -0.39 is 0 Å². The smallest absolute Gasteiger partial charge is 0.161 e. The molecule has 1 aromatic heterocycles. The van der Waals surface area contributed by atoms with Crippen molar-refractivity contribution in [3.8, 4) is 11.5 Å². The molecule has 0 amide bonds. The van der Waals surface area contributed by atoms with Crippen molar-refractivity contribution in [2.75, 3.05) is 31.7 Å². The normalized spacial score (nSPS) is 14.3. The van der Waals surface area contributed by atoms with E-state index in [1.807, 2.05) is 12.3 Å². The number of benzene rings is 1. The van der Waals surface area contributed by atoms with Gasteiger partial charge in [-0.15, -0.1) is 0 Å². The minimum absolute atomic E-state index is 0.240. The Balaban J connectivity index is 1.69. The molecule has 26 heavy (non-hydrogen) atoms. The van der Waals surface area contributed by atoms with Gasteiger partial charge in [0.1, 0.15) is 19.0 Å². The molecule has 1 N–H and O–H groups in total. The van der Waals surface area contributed by atoms with E-state index in [1.165, 1.54) is 11.1 Å². The molecule has 1 aromatic carbocycles. The molecule has 0 saturated heterocycles. The molecule has 1 unspecified atom stereocenters. The number of fused-ring (bicyclic) bond motifs is 1. The maximum atomic E-state index is 5.74. The zero-order chi connectivity index (χ0) is 18.5. The third kappa shape index (κ3) is 4.28. The summed E-state index contributed by atoms with van der Waals surface area (Å²) in [6.45, 7) is 9.54. The topological polar surface area (TPSA) is 46.6 Å². The number of nitrogens with zero attached hydrogens (tertiary/aromatic N) is 2. The van der Waals surface area contributed by atoms with E-state index in [1.54, 1.807) is 0 Å². The third-order valence-electron chi connectivity index (χ3n) is 4.79. The summed E-state index contributed by atoms with van der Waals surface area (Å²) in [6.07, 6.45) is 1.95. The van der Waals surface area contributed by atoms with Crippen LogP contribution in [-0.4, -0.2) is 31.8 Å². The van der Waals surface area contributed by atoms with E-state index >= 15 is 0 Å². The molecule has 1 atom stereocenters. The molecule has 5 heteroatoms. The van der Waals surface area contributed by atoms with Crippen LogP contribution in [0, 0.1) is 5.92 Å². The Morgan fingerprint density at radius 2 is 1.88 bits per heavy atom. The molecule has 140 valence electrons. The van der Waals surface area contributed by atoms with E-state index in [4.69, 9.17) is 9.47 Å². The summed E-state index contributed by atoms with van der Waals surface area (Å²) >= 11 is 0. The molecule has 0 aliphatic carbocycles. The van der Waals surface area contributed by atoms with Crippen LogP contribution in [0.15, 0.2) is 36.5 Å². The van der Waals surface area contributed by atoms with Gasteiger partial charge >= 0.3 is 0 Å². The molecule has 5 nitrogen and oxygen atoms in total. The van der Waals surface area contributed by atoms with Gasteiger partial charge in [-0.3, -0.25) is 0 Å². The quantitative estimate of drug-likeness (QED) is 0.819.